The summed E-state index contributed by atoms with van der Waals surface area (Å²) in [6, 6.07) is 9.84. The number of nitrogens with zero attached hydrogens (tertiary/aromatic N) is 2. The number of thiophene rings is 1. The molecule has 9 heteroatoms. The molecule has 0 aliphatic carbocycles. The SMILES string of the molecule is CCNC(=NCc1cccc(C(F)(F)F)c1)NC1CCN(c2cccs2)CC1.I. The molecule has 0 spiro atoms. The number of alkyl halides is 3. The van der Waals surface area contributed by atoms with Crippen LogP contribution in [0.4, 0.5) is 18.2 Å². The van der Waals surface area contributed by atoms with Crippen molar-refractivity contribution in [2.75, 3.05) is 24.5 Å². The van der Waals surface area contributed by atoms with E-state index in [4.69, 9.17) is 0 Å². The molecule has 2 heterocycles. The lowest BCUT2D eigenvalue weighted by atomic mass is 10.1. The number of aliphatic imine (C=N–C) groups is 1. The predicted molar refractivity (Wildman–Crippen MR) is 124 cm³/mol. The molecule has 3 rings (SSSR count). The van der Waals surface area contributed by atoms with E-state index in [1.165, 1.54) is 11.1 Å². The fourth-order valence-electron chi connectivity index (χ4n) is 3.22. The molecule has 1 fully saturated rings. The summed E-state index contributed by atoms with van der Waals surface area (Å²) in [5.74, 6) is 0.648. The molecule has 1 aliphatic rings. The number of benzene rings is 1. The number of hydrogen-bond acceptors (Lipinski definition) is 3. The Kier molecular flexibility index (Phi) is 9.06. The first kappa shape index (κ1) is 23.8. The molecule has 0 bridgehead atoms. The first-order valence-electron chi connectivity index (χ1n) is 9.45. The van der Waals surface area contributed by atoms with Crippen LogP contribution in [0.25, 0.3) is 0 Å². The average Bonchev–Trinajstić information content (AvgIpc) is 3.21. The van der Waals surface area contributed by atoms with E-state index in [0.717, 1.165) is 38.1 Å². The van der Waals surface area contributed by atoms with Crippen LogP contribution in [-0.2, 0) is 12.7 Å². The van der Waals surface area contributed by atoms with Gasteiger partial charge in [0, 0.05) is 25.7 Å². The topological polar surface area (TPSA) is 39.7 Å². The van der Waals surface area contributed by atoms with Crippen LogP contribution in [-0.4, -0.2) is 31.6 Å². The van der Waals surface area contributed by atoms with Crippen molar-refractivity contribution in [2.45, 2.75) is 38.5 Å². The van der Waals surface area contributed by atoms with E-state index in [2.05, 4.69) is 38.0 Å². The van der Waals surface area contributed by atoms with Crippen LogP contribution in [0, 0.1) is 0 Å². The van der Waals surface area contributed by atoms with E-state index in [1.54, 1.807) is 17.4 Å². The lowest BCUT2D eigenvalue weighted by Gasteiger charge is -2.33. The molecular weight excluding hydrogens is 512 g/mol. The Balaban J connectivity index is 0.00000300. The minimum atomic E-state index is -4.33. The van der Waals surface area contributed by atoms with Crippen LogP contribution in [0.5, 0.6) is 0 Å². The molecule has 1 aromatic heterocycles. The largest absolute Gasteiger partial charge is 0.416 e. The number of nitrogens with one attached hydrogen (secondary N) is 2. The Labute approximate surface area is 190 Å². The van der Waals surface area contributed by atoms with Crippen molar-refractivity contribution in [3.05, 3.63) is 52.9 Å². The Morgan fingerprint density at radius 2 is 1.97 bits per heavy atom. The van der Waals surface area contributed by atoms with Gasteiger partial charge in [0.2, 0.25) is 0 Å². The molecule has 160 valence electrons. The monoisotopic (exact) mass is 538 g/mol. The molecular formula is C20H26F3IN4S. The van der Waals surface area contributed by atoms with Gasteiger partial charge in [-0.2, -0.15) is 13.2 Å². The van der Waals surface area contributed by atoms with E-state index in [0.29, 0.717) is 24.1 Å². The highest BCUT2D eigenvalue weighted by Crippen LogP contribution is 2.29. The van der Waals surface area contributed by atoms with Crippen molar-refractivity contribution in [1.29, 1.82) is 0 Å². The summed E-state index contributed by atoms with van der Waals surface area (Å²) in [5.41, 5.74) is -0.0985. The number of rotatable bonds is 5. The summed E-state index contributed by atoms with van der Waals surface area (Å²) in [4.78, 5) is 6.87. The summed E-state index contributed by atoms with van der Waals surface area (Å²) in [7, 11) is 0. The van der Waals surface area contributed by atoms with Crippen molar-refractivity contribution in [3.8, 4) is 0 Å². The van der Waals surface area contributed by atoms with Crippen molar-refractivity contribution in [3.63, 3.8) is 0 Å². The molecule has 1 aliphatic heterocycles. The zero-order valence-corrected chi connectivity index (χ0v) is 19.4. The highest BCUT2D eigenvalue weighted by atomic mass is 127. The second-order valence-corrected chi connectivity index (χ2v) is 7.68. The number of guanidine groups is 1. The molecule has 0 atom stereocenters. The fraction of sp³-hybridized carbons (Fsp3) is 0.450. The quantitative estimate of drug-likeness (QED) is 0.316. The summed E-state index contributed by atoms with van der Waals surface area (Å²) < 4.78 is 38.6. The molecule has 2 N–H and O–H groups in total. The van der Waals surface area contributed by atoms with Gasteiger partial charge < -0.3 is 15.5 Å². The van der Waals surface area contributed by atoms with Gasteiger partial charge in [-0.3, -0.25) is 0 Å². The van der Waals surface area contributed by atoms with Gasteiger partial charge in [-0.15, -0.1) is 35.3 Å². The Bertz CT molecular complexity index is 772. The summed E-state index contributed by atoms with van der Waals surface area (Å²) in [6.07, 6.45) is -2.35. The zero-order chi connectivity index (χ0) is 20.0. The molecule has 0 unspecified atom stereocenters. The molecule has 1 saturated heterocycles. The summed E-state index contributed by atoms with van der Waals surface area (Å²) in [6.45, 7) is 4.83. The molecule has 0 radical (unpaired) electrons. The maximum Gasteiger partial charge on any atom is 0.416 e. The van der Waals surface area contributed by atoms with E-state index in [9.17, 15) is 13.2 Å². The van der Waals surface area contributed by atoms with Gasteiger partial charge in [0.05, 0.1) is 17.1 Å². The highest BCUT2D eigenvalue weighted by Gasteiger charge is 2.30. The van der Waals surface area contributed by atoms with E-state index < -0.39 is 11.7 Å². The van der Waals surface area contributed by atoms with Crippen molar-refractivity contribution in [2.24, 2.45) is 4.99 Å². The highest BCUT2D eigenvalue weighted by molar-refractivity contribution is 14.0. The lowest BCUT2D eigenvalue weighted by molar-refractivity contribution is -0.137. The minimum absolute atomic E-state index is 0. The Morgan fingerprint density at radius 3 is 2.59 bits per heavy atom. The van der Waals surface area contributed by atoms with E-state index >= 15 is 0 Å². The number of halogens is 4. The van der Waals surface area contributed by atoms with Gasteiger partial charge in [0.15, 0.2) is 5.96 Å². The maximum atomic E-state index is 12.9. The van der Waals surface area contributed by atoms with Crippen LogP contribution >= 0.6 is 35.3 Å². The first-order chi connectivity index (χ1) is 13.5. The van der Waals surface area contributed by atoms with Crippen molar-refractivity contribution >= 4 is 46.3 Å². The second kappa shape index (κ2) is 11.1. The van der Waals surface area contributed by atoms with E-state index in [1.807, 2.05) is 6.92 Å². The van der Waals surface area contributed by atoms with E-state index in [-0.39, 0.29) is 30.5 Å². The maximum absolute atomic E-state index is 12.9. The van der Waals surface area contributed by atoms with Gasteiger partial charge in [-0.1, -0.05) is 12.1 Å². The molecule has 2 aromatic rings. The normalized spacial score (nSPS) is 15.7. The minimum Gasteiger partial charge on any atom is -0.363 e. The molecule has 1 aromatic carbocycles. The predicted octanol–water partition coefficient (Wildman–Crippen LogP) is 5.11. The third kappa shape index (κ3) is 7.06. The zero-order valence-electron chi connectivity index (χ0n) is 16.2. The molecule has 0 amide bonds. The summed E-state index contributed by atoms with van der Waals surface area (Å²) in [5, 5.41) is 10.0. The van der Waals surface area contributed by atoms with Crippen LogP contribution in [0.15, 0.2) is 46.8 Å². The molecule has 29 heavy (non-hydrogen) atoms. The van der Waals surface area contributed by atoms with Crippen LogP contribution < -0.4 is 15.5 Å². The van der Waals surface area contributed by atoms with Crippen molar-refractivity contribution < 1.29 is 13.2 Å². The number of hydrogen-bond donors (Lipinski definition) is 2. The number of piperidine rings is 1. The standard InChI is InChI=1S/C20H25F3N4S.HI/c1-2-24-19(25-14-15-5-3-6-16(13-15)20(21,22)23)26-17-8-10-27(11-9-17)18-7-4-12-28-18;/h3-7,12-13,17H,2,8-11,14H2,1H3,(H2,24,25,26);1H. The van der Waals surface area contributed by atoms with Gasteiger partial charge in [0.1, 0.15) is 0 Å². The van der Waals surface area contributed by atoms with Gasteiger partial charge >= 0.3 is 6.18 Å². The van der Waals surface area contributed by atoms with Crippen LogP contribution in [0.2, 0.25) is 0 Å². The first-order valence-corrected chi connectivity index (χ1v) is 10.3. The summed E-state index contributed by atoms with van der Waals surface area (Å²) >= 11 is 1.75. The third-order valence-corrected chi connectivity index (χ3v) is 5.60. The van der Waals surface area contributed by atoms with Crippen molar-refractivity contribution in [1.82, 2.24) is 10.6 Å². The second-order valence-electron chi connectivity index (χ2n) is 6.75. The molecule has 0 saturated carbocycles. The smallest absolute Gasteiger partial charge is 0.363 e. The van der Waals surface area contributed by atoms with Gasteiger partial charge in [0.25, 0.3) is 0 Å². The average molecular weight is 538 g/mol. The van der Waals surface area contributed by atoms with Crippen LogP contribution in [0.1, 0.15) is 30.9 Å². The number of anilines is 1. The Hall–Kier alpha value is -1.49. The van der Waals surface area contributed by atoms with Gasteiger partial charge in [-0.05, 0) is 55.0 Å². The van der Waals surface area contributed by atoms with Crippen LogP contribution in [0.3, 0.4) is 0 Å². The van der Waals surface area contributed by atoms with Gasteiger partial charge in [-0.25, -0.2) is 4.99 Å². The lowest BCUT2D eigenvalue weighted by Crippen LogP contribution is -2.48. The Morgan fingerprint density at radius 1 is 1.21 bits per heavy atom. The third-order valence-electron chi connectivity index (χ3n) is 4.67. The fourth-order valence-corrected chi connectivity index (χ4v) is 4.01. The molecule has 4 nitrogen and oxygen atoms in total.